The van der Waals surface area contributed by atoms with Gasteiger partial charge in [-0.3, -0.25) is 4.79 Å². The van der Waals surface area contributed by atoms with E-state index in [1.165, 1.54) is 13.2 Å². The van der Waals surface area contributed by atoms with Crippen molar-refractivity contribution in [2.24, 2.45) is 11.8 Å². The fraction of sp³-hybridized carbons (Fsp3) is 0.619. The van der Waals surface area contributed by atoms with Gasteiger partial charge in [0.05, 0.1) is 18.6 Å². The maximum atomic E-state index is 13.0. The topological polar surface area (TPSA) is 58.6 Å². The predicted octanol–water partition coefficient (Wildman–Crippen LogP) is 3.89. The maximum absolute atomic E-state index is 13.0. The van der Waals surface area contributed by atoms with Gasteiger partial charge in [-0.25, -0.2) is 4.79 Å². The first-order chi connectivity index (χ1) is 13.6. The van der Waals surface area contributed by atoms with Crippen molar-refractivity contribution in [2.75, 3.05) is 26.7 Å². The average Bonchev–Trinajstić information content (AvgIpc) is 3.23. The Hall–Kier alpha value is -2.25. The standard InChI is InChI=1S/C21H27F3N2O3/c1-4-5-14(10-25-19(28)29-3)18(27)26-11-16-9-20(16,12-26)17-7-6-15(8-13(17)2)21(22,23)24/h6-8,14,16H,4-5,9-12H2,1-3H3,(H,25,28)/t14-,16?,20?/m1/s1. The summed E-state index contributed by atoms with van der Waals surface area (Å²) in [5, 5.41) is 2.60. The third kappa shape index (κ3) is 4.21. The number of hydrogen-bond acceptors (Lipinski definition) is 3. The summed E-state index contributed by atoms with van der Waals surface area (Å²) in [5.41, 5.74) is 0.644. The van der Waals surface area contributed by atoms with Gasteiger partial charge in [-0.05, 0) is 48.9 Å². The Morgan fingerprint density at radius 1 is 1.38 bits per heavy atom. The zero-order chi connectivity index (χ0) is 21.4. The number of ether oxygens (including phenoxy) is 1. The van der Waals surface area contributed by atoms with Crippen LogP contribution in [0, 0.1) is 18.8 Å². The lowest BCUT2D eigenvalue weighted by molar-refractivity contribution is -0.137. The molecule has 1 N–H and O–H groups in total. The number of rotatable bonds is 6. The molecule has 1 aromatic carbocycles. The van der Waals surface area contributed by atoms with E-state index in [9.17, 15) is 22.8 Å². The van der Waals surface area contributed by atoms with E-state index in [-0.39, 0.29) is 29.7 Å². The lowest BCUT2D eigenvalue weighted by Gasteiger charge is -2.27. The Bertz CT molecular complexity index is 796. The molecular formula is C21H27F3N2O3. The highest BCUT2D eigenvalue weighted by Gasteiger charge is 2.62. The molecule has 2 aliphatic rings. The molecule has 160 valence electrons. The van der Waals surface area contributed by atoms with Crippen molar-refractivity contribution in [3.05, 3.63) is 34.9 Å². The molecule has 1 aromatic rings. The number of nitrogens with zero attached hydrogens (tertiary/aromatic N) is 1. The third-order valence-electron chi connectivity index (χ3n) is 6.21. The number of alkyl halides is 3. The molecular weight excluding hydrogens is 385 g/mol. The second-order valence-electron chi connectivity index (χ2n) is 8.16. The number of carbonyl (C=O) groups is 2. The molecule has 1 saturated heterocycles. The van der Waals surface area contributed by atoms with Gasteiger partial charge in [-0.2, -0.15) is 13.2 Å². The Kier molecular flexibility index (Phi) is 5.83. The van der Waals surface area contributed by atoms with Crippen LogP contribution < -0.4 is 5.32 Å². The van der Waals surface area contributed by atoms with Crippen molar-refractivity contribution in [1.29, 1.82) is 0 Å². The molecule has 1 aliphatic carbocycles. The highest BCUT2D eigenvalue weighted by atomic mass is 19.4. The minimum Gasteiger partial charge on any atom is -0.453 e. The molecule has 1 aliphatic heterocycles. The number of alkyl carbamates (subject to hydrolysis) is 1. The van der Waals surface area contributed by atoms with Crippen molar-refractivity contribution in [3.63, 3.8) is 0 Å². The number of benzene rings is 1. The second kappa shape index (κ2) is 7.88. The van der Waals surface area contributed by atoms with Gasteiger partial charge in [0.1, 0.15) is 0 Å². The van der Waals surface area contributed by atoms with Crippen molar-refractivity contribution < 1.29 is 27.5 Å². The van der Waals surface area contributed by atoms with Crippen LogP contribution in [0.15, 0.2) is 18.2 Å². The van der Waals surface area contributed by atoms with Crippen LogP contribution in [0.25, 0.3) is 0 Å². The number of fused-ring (bicyclic) bond motifs is 1. The predicted molar refractivity (Wildman–Crippen MR) is 101 cm³/mol. The van der Waals surface area contributed by atoms with E-state index in [4.69, 9.17) is 0 Å². The maximum Gasteiger partial charge on any atom is 0.416 e. The fourth-order valence-corrected chi connectivity index (χ4v) is 4.66. The monoisotopic (exact) mass is 412 g/mol. The molecule has 2 unspecified atom stereocenters. The molecule has 3 atom stereocenters. The lowest BCUT2D eigenvalue weighted by Crippen LogP contribution is -2.42. The summed E-state index contributed by atoms with van der Waals surface area (Å²) in [5.74, 6) is -0.0699. The van der Waals surface area contributed by atoms with Gasteiger partial charge >= 0.3 is 12.3 Å². The summed E-state index contributed by atoms with van der Waals surface area (Å²) < 4.78 is 43.5. The Balaban J connectivity index is 1.72. The first-order valence-electron chi connectivity index (χ1n) is 9.91. The molecule has 8 heteroatoms. The van der Waals surface area contributed by atoms with Crippen molar-refractivity contribution in [2.45, 2.75) is 44.7 Å². The lowest BCUT2D eigenvalue weighted by atomic mass is 9.89. The number of nitrogens with one attached hydrogen (secondary N) is 1. The molecule has 0 radical (unpaired) electrons. The first-order valence-corrected chi connectivity index (χ1v) is 9.91. The minimum atomic E-state index is -4.36. The number of methoxy groups -OCH3 is 1. The summed E-state index contributed by atoms with van der Waals surface area (Å²) in [7, 11) is 1.27. The van der Waals surface area contributed by atoms with Gasteiger partial charge in [-0.15, -0.1) is 0 Å². The van der Waals surface area contributed by atoms with Gasteiger partial charge in [0, 0.05) is 25.0 Å². The van der Waals surface area contributed by atoms with Crippen LogP contribution in [0.1, 0.15) is 42.9 Å². The third-order valence-corrected chi connectivity index (χ3v) is 6.21. The molecule has 0 bridgehead atoms. The highest BCUT2D eigenvalue weighted by Crippen LogP contribution is 2.60. The number of halogens is 3. The number of aryl methyl sites for hydroxylation is 1. The number of amides is 2. The van der Waals surface area contributed by atoms with Crippen molar-refractivity contribution in [1.82, 2.24) is 10.2 Å². The van der Waals surface area contributed by atoms with Gasteiger partial charge in [0.15, 0.2) is 0 Å². The molecule has 3 rings (SSSR count). The summed E-state index contributed by atoms with van der Waals surface area (Å²) in [6, 6.07) is 3.91. The van der Waals surface area contributed by atoms with Crippen LogP contribution in [0.5, 0.6) is 0 Å². The second-order valence-corrected chi connectivity index (χ2v) is 8.16. The highest BCUT2D eigenvalue weighted by molar-refractivity contribution is 5.81. The average molecular weight is 412 g/mol. The molecule has 1 saturated carbocycles. The van der Waals surface area contributed by atoms with E-state index in [1.54, 1.807) is 13.0 Å². The van der Waals surface area contributed by atoms with E-state index in [0.717, 1.165) is 24.5 Å². The molecule has 0 spiro atoms. The normalized spacial score (nSPS) is 24.1. The van der Waals surface area contributed by atoms with Crippen LogP contribution in [0.4, 0.5) is 18.0 Å². The summed E-state index contributed by atoms with van der Waals surface area (Å²) in [6.07, 6.45) is -2.58. The van der Waals surface area contributed by atoms with E-state index in [2.05, 4.69) is 10.1 Å². The first kappa shape index (κ1) is 21.5. The van der Waals surface area contributed by atoms with Crippen molar-refractivity contribution in [3.8, 4) is 0 Å². The van der Waals surface area contributed by atoms with E-state index in [0.29, 0.717) is 25.1 Å². The Morgan fingerprint density at radius 2 is 2.10 bits per heavy atom. The molecule has 2 fully saturated rings. The fourth-order valence-electron chi connectivity index (χ4n) is 4.66. The Labute approximate surface area is 168 Å². The number of carbonyl (C=O) groups excluding carboxylic acids is 2. The van der Waals surface area contributed by atoms with Crippen LogP contribution in [-0.2, 0) is 21.1 Å². The van der Waals surface area contributed by atoms with Gasteiger partial charge < -0.3 is 15.0 Å². The molecule has 1 heterocycles. The minimum absolute atomic E-state index is 0.0145. The van der Waals surface area contributed by atoms with Crippen LogP contribution in [-0.4, -0.2) is 43.6 Å². The van der Waals surface area contributed by atoms with Crippen LogP contribution in [0.2, 0.25) is 0 Å². The summed E-state index contributed by atoms with van der Waals surface area (Å²) in [4.78, 5) is 26.2. The van der Waals surface area contributed by atoms with E-state index >= 15 is 0 Å². The molecule has 2 amide bonds. The summed E-state index contributed by atoms with van der Waals surface area (Å²) >= 11 is 0. The van der Waals surface area contributed by atoms with Crippen LogP contribution in [0.3, 0.4) is 0 Å². The van der Waals surface area contributed by atoms with Crippen molar-refractivity contribution >= 4 is 12.0 Å². The summed E-state index contributed by atoms with van der Waals surface area (Å²) in [6.45, 7) is 5.03. The van der Waals surface area contributed by atoms with Crippen LogP contribution >= 0.6 is 0 Å². The Morgan fingerprint density at radius 3 is 2.69 bits per heavy atom. The number of piperidine rings is 1. The SMILES string of the molecule is CCC[C@H](CNC(=O)OC)C(=O)N1CC2CC2(c2ccc(C(F)(F)F)cc2C)C1. The number of hydrogen-bond donors (Lipinski definition) is 1. The van der Waals surface area contributed by atoms with E-state index in [1.807, 2.05) is 11.8 Å². The largest absolute Gasteiger partial charge is 0.453 e. The molecule has 0 aromatic heterocycles. The number of likely N-dealkylation sites (tertiary alicyclic amines) is 1. The molecule has 29 heavy (non-hydrogen) atoms. The van der Waals surface area contributed by atoms with Gasteiger partial charge in [0.2, 0.25) is 5.91 Å². The zero-order valence-electron chi connectivity index (χ0n) is 16.9. The quantitative estimate of drug-likeness (QED) is 0.771. The molecule has 5 nitrogen and oxygen atoms in total. The van der Waals surface area contributed by atoms with Gasteiger partial charge in [-0.1, -0.05) is 19.4 Å². The smallest absolute Gasteiger partial charge is 0.416 e. The van der Waals surface area contributed by atoms with E-state index < -0.39 is 17.8 Å². The van der Waals surface area contributed by atoms with Gasteiger partial charge in [0.25, 0.3) is 0 Å². The zero-order valence-corrected chi connectivity index (χ0v) is 16.9.